The molecule has 2 rings (SSSR count). The van der Waals surface area contributed by atoms with Crippen LogP contribution in [0, 0.1) is 0 Å². The van der Waals surface area contributed by atoms with Gasteiger partial charge in [0, 0.05) is 19.0 Å². The maximum absolute atomic E-state index is 14.9. The number of rotatable bonds is 4. The molecule has 0 bridgehead atoms. The first-order valence-electron chi connectivity index (χ1n) is 6.23. The highest BCUT2D eigenvalue weighted by molar-refractivity contribution is 6.31. The quantitative estimate of drug-likeness (QED) is 0.910. The summed E-state index contributed by atoms with van der Waals surface area (Å²) < 4.78 is 16.6. The molecule has 0 aromatic carbocycles. The molecule has 1 aromatic rings. The van der Waals surface area contributed by atoms with Gasteiger partial charge in [0.25, 0.3) is 0 Å². The zero-order valence-corrected chi connectivity index (χ0v) is 11.6. The molecule has 4 nitrogen and oxygen atoms in total. The van der Waals surface area contributed by atoms with Gasteiger partial charge >= 0.3 is 0 Å². The lowest BCUT2D eigenvalue weighted by Gasteiger charge is -2.22. The standard InChI is InChI=1S/C12H20ClFN4/c1-17(2)5-6-18-11(10(13)8-16-18)12(14)4-3-9(15)7-12/h8-9H,3-7,15H2,1-2H3. The second kappa shape index (κ2) is 5.15. The van der Waals surface area contributed by atoms with Crippen molar-refractivity contribution in [3.05, 3.63) is 16.9 Å². The average Bonchev–Trinajstić information content (AvgIpc) is 2.80. The monoisotopic (exact) mass is 274 g/mol. The molecule has 2 atom stereocenters. The molecule has 0 spiro atoms. The van der Waals surface area contributed by atoms with Crippen LogP contribution in [0.4, 0.5) is 4.39 Å². The van der Waals surface area contributed by atoms with Crippen molar-refractivity contribution in [2.75, 3.05) is 20.6 Å². The Labute approximate surface area is 112 Å². The highest BCUT2D eigenvalue weighted by Gasteiger charge is 2.43. The summed E-state index contributed by atoms with van der Waals surface area (Å²) in [6, 6.07) is -0.0803. The topological polar surface area (TPSA) is 47.1 Å². The van der Waals surface area contributed by atoms with Crippen molar-refractivity contribution in [1.29, 1.82) is 0 Å². The van der Waals surface area contributed by atoms with Gasteiger partial charge in [0.05, 0.1) is 23.5 Å². The van der Waals surface area contributed by atoms with Gasteiger partial charge in [0.15, 0.2) is 5.67 Å². The van der Waals surface area contributed by atoms with Gasteiger partial charge in [-0.2, -0.15) is 5.10 Å². The molecular formula is C12H20ClFN4. The molecule has 6 heteroatoms. The van der Waals surface area contributed by atoms with Crippen LogP contribution >= 0.6 is 11.6 Å². The van der Waals surface area contributed by atoms with E-state index >= 15 is 0 Å². The van der Waals surface area contributed by atoms with Crippen LogP contribution in [0.3, 0.4) is 0 Å². The summed E-state index contributed by atoms with van der Waals surface area (Å²) in [5.74, 6) is 0. The van der Waals surface area contributed by atoms with E-state index in [4.69, 9.17) is 17.3 Å². The van der Waals surface area contributed by atoms with Crippen LogP contribution in [0.25, 0.3) is 0 Å². The lowest BCUT2D eigenvalue weighted by Crippen LogP contribution is -2.27. The highest BCUT2D eigenvalue weighted by atomic mass is 35.5. The molecule has 102 valence electrons. The number of nitrogens with two attached hydrogens (primary N) is 1. The third kappa shape index (κ3) is 2.68. The molecule has 1 aliphatic rings. The van der Waals surface area contributed by atoms with E-state index in [0.29, 0.717) is 36.5 Å². The third-order valence-electron chi connectivity index (χ3n) is 3.48. The molecule has 1 aliphatic carbocycles. The number of likely N-dealkylation sites (N-methyl/N-ethyl adjacent to an activating group) is 1. The smallest absolute Gasteiger partial charge is 0.155 e. The highest BCUT2D eigenvalue weighted by Crippen LogP contribution is 2.44. The first-order chi connectivity index (χ1) is 8.42. The number of aromatic nitrogens is 2. The van der Waals surface area contributed by atoms with Crippen LogP contribution in [-0.2, 0) is 12.2 Å². The van der Waals surface area contributed by atoms with Gasteiger partial charge in [-0.1, -0.05) is 11.6 Å². The molecule has 2 unspecified atom stereocenters. The Balaban J connectivity index is 2.23. The number of nitrogens with zero attached hydrogens (tertiary/aromatic N) is 3. The van der Waals surface area contributed by atoms with Crippen molar-refractivity contribution in [2.45, 2.75) is 37.5 Å². The largest absolute Gasteiger partial charge is 0.328 e. The van der Waals surface area contributed by atoms with Gasteiger partial charge in [0.2, 0.25) is 0 Å². The first-order valence-corrected chi connectivity index (χ1v) is 6.61. The Hall–Kier alpha value is -0.650. The van der Waals surface area contributed by atoms with E-state index in [1.807, 2.05) is 19.0 Å². The third-order valence-corrected chi connectivity index (χ3v) is 3.75. The van der Waals surface area contributed by atoms with Crippen molar-refractivity contribution in [2.24, 2.45) is 5.73 Å². The maximum atomic E-state index is 14.9. The second-order valence-electron chi connectivity index (χ2n) is 5.34. The molecule has 1 fully saturated rings. The maximum Gasteiger partial charge on any atom is 0.155 e. The summed E-state index contributed by atoms with van der Waals surface area (Å²) in [6.45, 7) is 1.43. The molecule has 0 saturated heterocycles. The molecule has 2 N–H and O–H groups in total. The summed E-state index contributed by atoms with van der Waals surface area (Å²) in [6.07, 6.45) is 2.99. The zero-order valence-electron chi connectivity index (χ0n) is 10.9. The lowest BCUT2D eigenvalue weighted by atomic mass is 9.99. The Bertz CT molecular complexity index is 420. The molecule has 0 radical (unpaired) electrons. The van der Waals surface area contributed by atoms with Crippen LogP contribution in [-0.4, -0.2) is 41.4 Å². The average molecular weight is 275 g/mol. The van der Waals surface area contributed by atoms with Gasteiger partial charge < -0.3 is 10.6 Å². The Morgan fingerprint density at radius 1 is 1.67 bits per heavy atom. The van der Waals surface area contributed by atoms with E-state index in [9.17, 15) is 4.39 Å². The fourth-order valence-electron chi connectivity index (χ4n) is 2.52. The van der Waals surface area contributed by atoms with Crippen LogP contribution in [0.1, 0.15) is 25.0 Å². The zero-order chi connectivity index (χ0) is 13.3. The number of halogens is 2. The van der Waals surface area contributed by atoms with Crippen molar-refractivity contribution in [3.63, 3.8) is 0 Å². The van der Waals surface area contributed by atoms with E-state index < -0.39 is 5.67 Å². The van der Waals surface area contributed by atoms with Crippen molar-refractivity contribution in [1.82, 2.24) is 14.7 Å². The van der Waals surface area contributed by atoms with E-state index in [0.717, 1.165) is 6.54 Å². The van der Waals surface area contributed by atoms with Crippen LogP contribution in [0.5, 0.6) is 0 Å². The Morgan fingerprint density at radius 2 is 2.39 bits per heavy atom. The van der Waals surface area contributed by atoms with Gasteiger partial charge in [-0.15, -0.1) is 0 Å². The fourth-order valence-corrected chi connectivity index (χ4v) is 2.83. The summed E-state index contributed by atoms with van der Waals surface area (Å²) in [5.41, 5.74) is 4.90. The van der Waals surface area contributed by atoms with Crippen LogP contribution in [0.2, 0.25) is 5.02 Å². The van der Waals surface area contributed by atoms with E-state index in [-0.39, 0.29) is 6.04 Å². The molecule has 1 heterocycles. The minimum atomic E-state index is -1.42. The van der Waals surface area contributed by atoms with Crippen LogP contribution in [0.15, 0.2) is 6.20 Å². The second-order valence-corrected chi connectivity index (χ2v) is 5.74. The van der Waals surface area contributed by atoms with E-state index in [1.54, 1.807) is 4.68 Å². The first kappa shape index (κ1) is 13.8. The Kier molecular flexibility index (Phi) is 3.94. The molecule has 0 amide bonds. The van der Waals surface area contributed by atoms with Crippen molar-refractivity contribution >= 4 is 11.6 Å². The predicted molar refractivity (Wildman–Crippen MR) is 70.4 cm³/mol. The number of alkyl halides is 1. The predicted octanol–water partition coefficient (Wildman–Crippen LogP) is 1.77. The van der Waals surface area contributed by atoms with Gasteiger partial charge in [-0.25, -0.2) is 4.39 Å². The van der Waals surface area contributed by atoms with Gasteiger partial charge in [-0.3, -0.25) is 4.68 Å². The molecule has 1 aromatic heterocycles. The van der Waals surface area contributed by atoms with Gasteiger partial charge in [-0.05, 0) is 26.9 Å². The number of hydrogen-bond donors (Lipinski definition) is 1. The summed E-state index contributed by atoms with van der Waals surface area (Å²) >= 11 is 6.10. The van der Waals surface area contributed by atoms with Crippen LogP contribution < -0.4 is 5.73 Å². The molecule has 0 aliphatic heterocycles. The summed E-state index contributed by atoms with van der Waals surface area (Å²) in [4.78, 5) is 2.03. The SMILES string of the molecule is CN(C)CCn1ncc(Cl)c1C1(F)CCC(N)C1. The normalized spacial score (nSPS) is 28.2. The summed E-state index contributed by atoms with van der Waals surface area (Å²) in [7, 11) is 3.95. The lowest BCUT2D eigenvalue weighted by molar-refractivity contribution is 0.156. The fraction of sp³-hybridized carbons (Fsp3) is 0.750. The molecule has 18 heavy (non-hydrogen) atoms. The van der Waals surface area contributed by atoms with Gasteiger partial charge in [0.1, 0.15) is 0 Å². The summed E-state index contributed by atoms with van der Waals surface area (Å²) in [5, 5.41) is 4.59. The van der Waals surface area contributed by atoms with Crippen molar-refractivity contribution in [3.8, 4) is 0 Å². The molecular weight excluding hydrogens is 255 g/mol. The Morgan fingerprint density at radius 3 is 2.94 bits per heavy atom. The van der Waals surface area contributed by atoms with E-state index in [2.05, 4.69) is 5.10 Å². The van der Waals surface area contributed by atoms with Crippen molar-refractivity contribution < 1.29 is 4.39 Å². The minimum absolute atomic E-state index is 0.0803. The minimum Gasteiger partial charge on any atom is -0.328 e. The number of hydrogen-bond acceptors (Lipinski definition) is 3. The van der Waals surface area contributed by atoms with E-state index in [1.165, 1.54) is 6.20 Å². The molecule has 1 saturated carbocycles.